The number of rotatable bonds is 2. The molecule has 1 fully saturated rings. The molecule has 0 aliphatic carbocycles. The second kappa shape index (κ2) is 4.70. The van der Waals surface area contributed by atoms with E-state index < -0.39 is 5.60 Å². The quantitative estimate of drug-likeness (QED) is 0.834. The summed E-state index contributed by atoms with van der Waals surface area (Å²) in [6.07, 6.45) is 1.64. The molecule has 0 spiro atoms. The lowest BCUT2D eigenvalue weighted by Gasteiger charge is -2.32. The molecule has 1 aliphatic rings. The van der Waals surface area contributed by atoms with Crippen LogP contribution >= 0.6 is 11.6 Å². The van der Waals surface area contributed by atoms with Crippen molar-refractivity contribution in [1.82, 2.24) is 5.32 Å². The summed E-state index contributed by atoms with van der Waals surface area (Å²) in [6, 6.07) is 4.46. The first-order chi connectivity index (χ1) is 7.59. The van der Waals surface area contributed by atoms with Crippen LogP contribution in [0.15, 0.2) is 18.2 Å². The molecule has 4 heteroatoms. The molecule has 1 aromatic carbocycles. The van der Waals surface area contributed by atoms with Crippen LogP contribution in [0.3, 0.4) is 0 Å². The smallest absolute Gasteiger partial charge is 0.126 e. The van der Waals surface area contributed by atoms with Crippen molar-refractivity contribution in [3.63, 3.8) is 0 Å². The Kier molecular flexibility index (Phi) is 3.47. The fraction of sp³-hybridized carbons (Fsp3) is 0.500. The van der Waals surface area contributed by atoms with Crippen LogP contribution in [-0.2, 0) is 6.42 Å². The van der Waals surface area contributed by atoms with E-state index in [4.69, 9.17) is 11.6 Å². The van der Waals surface area contributed by atoms with Crippen molar-refractivity contribution in [1.29, 1.82) is 0 Å². The standard InChI is InChI=1S/C12H15ClFNO/c13-10-1-2-11(14)9(7-10)8-12(16)3-5-15-6-4-12/h1-2,7,15-16H,3-6,8H2. The molecule has 0 radical (unpaired) electrons. The average Bonchev–Trinajstić information content (AvgIpc) is 2.24. The molecule has 0 amide bonds. The van der Waals surface area contributed by atoms with Crippen LogP contribution in [0.2, 0.25) is 5.02 Å². The number of benzene rings is 1. The second-order valence-corrected chi connectivity index (χ2v) is 4.82. The van der Waals surface area contributed by atoms with Crippen molar-refractivity contribution in [2.45, 2.75) is 24.9 Å². The highest BCUT2D eigenvalue weighted by Gasteiger charge is 2.30. The van der Waals surface area contributed by atoms with Crippen LogP contribution in [0, 0.1) is 5.82 Å². The number of aliphatic hydroxyl groups is 1. The minimum Gasteiger partial charge on any atom is -0.389 e. The Morgan fingerprint density at radius 2 is 2.06 bits per heavy atom. The number of piperidine rings is 1. The highest BCUT2D eigenvalue weighted by atomic mass is 35.5. The Hall–Kier alpha value is -0.640. The van der Waals surface area contributed by atoms with Crippen LogP contribution < -0.4 is 5.32 Å². The van der Waals surface area contributed by atoms with Crippen LogP contribution in [0.4, 0.5) is 4.39 Å². The topological polar surface area (TPSA) is 32.3 Å². The zero-order valence-corrected chi connectivity index (χ0v) is 9.73. The lowest BCUT2D eigenvalue weighted by atomic mass is 9.86. The molecule has 2 rings (SSSR count). The van der Waals surface area contributed by atoms with Crippen molar-refractivity contribution in [2.24, 2.45) is 0 Å². The van der Waals surface area contributed by atoms with Crippen molar-refractivity contribution in [2.75, 3.05) is 13.1 Å². The second-order valence-electron chi connectivity index (χ2n) is 4.39. The van der Waals surface area contributed by atoms with Gasteiger partial charge in [0, 0.05) is 11.4 Å². The molecule has 0 atom stereocenters. The van der Waals surface area contributed by atoms with Gasteiger partial charge in [-0.05, 0) is 49.7 Å². The van der Waals surface area contributed by atoms with Gasteiger partial charge in [-0.2, -0.15) is 0 Å². The van der Waals surface area contributed by atoms with Crippen LogP contribution in [-0.4, -0.2) is 23.8 Å². The van der Waals surface area contributed by atoms with Gasteiger partial charge >= 0.3 is 0 Å². The van der Waals surface area contributed by atoms with Crippen LogP contribution in [0.25, 0.3) is 0 Å². The van der Waals surface area contributed by atoms with Gasteiger partial charge < -0.3 is 10.4 Å². The number of hydrogen-bond donors (Lipinski definition) is 2. The van der Waals surface area contributed by atoms with E-state index in [0.717, 1.165) is 13.1 Å². The maximum absolute atomic E-state index is 13.5. The maximum Gasteiger partial charge on any atom is 0.126 e. The summed E-state index contributed by atoms with van der Waals surface area (Å²) in [4.78, 5) is 0. The van der Waals surface area contributed by atoms with Gasteiger partial charge in [-0.25, -0.2) is 4.39 Å². The lowest BCUT2D eigenvalue weighted by Crippen LogP contribution is -2.43. The first-order valence-corrected chi connectivity index (χ1v) is 5.84. The van der Waals surface area contributed by atoms with Crippen molar-refractivity contribution in [3.05, 3.63) is 34.6 Å². The predicted octanol–water partition coefficient (Wildman–Crippen LogP) is 2.14. The Labute approximate surface area is 99.4 Å². The normalized spacial score (nSPS) is 19.7. The van der Waals surface area contributed by atoms with E-state index >= 15 is 0 Å². The summed E-state index contributed by atoms with van der Waals surface area (Å²) in [6.45, 7) is 1.55. The average molecular weight is 244 g/mol. The summed E-state index contributed by atoms with van der Waals surface area (Å²) in [7, 11) is 0. The van der Waals surface area contributed by atoms with Gasteiger partial charge in [-0.3, -0.25) is 0 Å². The summed E-state index contributed by atoms with van der Waals surface area (Å²) in [5.74, 6) is -0.295. The summed E-state index contributed by atoms with van der Waals surface area (Å²) in [5.41, 5.74) is -0.298. The molecule has 0 saturated carbocycles. The van der Waals surface area contributed by atoms with E-state index in [2.05, 4.69) is 5.32 Å². The summed E-state index contributed by atoms with van der Waals surface area (Å²) in [5, 5.41) is 14.0. The molecule has 2 N–H and O–H groups in total. The van der Waals surface area contributed by atoms with Gasteiger partial charge in [0.2, 0.25) is 0 Å². The maximum atomic E-state index is 13.5. The molecule has 88 valence electrons. The van der Waals surface area contributed by atoms with E-state index in [1.165, 1.54) is 12.1 Å². The first kappa shape index (κ1) is 11.8. The molecular weight excluding hydrogens is 229 g/mol. The number of nitrogens with one attached hydrogen (secondary N) is 1. The van der Waals surface area contributed by atoms with E-state index in [1.54, 1.807) is 6.07 Å². The minimum absolute atomic E-state index is 0.295. The monoisotopic (exact) mass is 243 g/mol. The molecule has 2 nitrogen and oxygen atoms in total. The van der Waals surface area contributed by atoms with Gasteiger partial charge in [0.25, 0.3) is 0 Å². The molecule has 0 aromatic heterocycles. The zero-order valence-electron chi connectivity index (χ0n) is 8.97. The Morgan fingerprint density at radius 1 is 1.38 bits per heavy atom. The van der Waals surface area contributed by atoms with Crippen molar-refractivity contribution in [3.8, 4) is 0 Å². The lowest BCUT2D eigenvalue weighted by molar-refractivity contribution is 0.0101. The van der Waals surface area contributed by atoms with Crippen molar-refractivity contribution < 1.29 is 9.50 Å². The van der Waals surface area contributed by atoms with Gasteiger partial charge in [-0.1, -0.05) is 11.6 Å². The molecule has 0 bridgehead atoms. The third-order valence-corrected chi connectivity index (χ3v) is 3.30. The van der Waals surface area contributed by atoms with E-state index in [1.807, 2.05) is 0 Å². The highest BCUT2D eigenvalue weighted by Crippen LogP contribution is 2.26. The van der Waals surface area contributed by atoms with Gasteiger partial charge in [-0.15, -0.1) is 0 Å². The predicted molar refractivity (Wildman–Crippen MR) is 62.2 cm³/mol. The summed E-state index contributed by atoms with van der Waals surface area (Å²) >= 11 is 5.82. The Bertz CT molecular complexity index is 377. The van der Waals surface area contributed by atoms with E-state index in [9.17, 15) is 9.50 Å². The van der Waals surface area contributed by atoms with Crippen LogP contribution in [0.5, 0.6) is 0 Å². The van der Waals surface area contributed by atoms with Crippen LogP contribution in [0.1, 0.15) is 18.4 Å². The SMILES string of the molecule is OC1(Cc2cc(Cl)ccc2F)CCNCC1. The molecule has 1 aromatic rings. The third kappa shape index (κ3) is 2.73. The van der Waals surface area contributed by atoms with Gasteiger partial charge in [0.1, 0.15) is 5.82 Å². The highest BCUT2D eigenvalue weighted by molar-refractivity contribution is 6.30. The zero-order chi connectivity index (χ0) is 11.6. The molecule has 1 saturated heterocycles. The number of hydrogen-bond acceptors (Lipinski definition) is 2. The first-order valence-electron chi connectivity index (χ1n) is 5.46. The van der Waals surface area contributed by atoms with E-state index in [0.29, 0.717) is 29.8 Å². The van der Waals surface area contributed by atoms with Gasteiger partial charge in [0.15, 0.2) is 0 Å². The molecule has 16 heavy (non-hydrogen) atoms. The third-order valence-electron chi connectivity index (χ3n) is 3.06. The van der Waals surface area contributed by atoms with Crippen molar-refractivity contribution >= 4 is 11.6 Å². The number of halogens is 2. The summed E-state index contributed by atoms with van der Waals surface area (Å²) < 4.78 is 13.5. The fourth-order valence-corrected chi connectivity index (χ4v) is 2.30. The van der Waals surface area contributed by atoms with E-state index in [-0.39, 0.29) is 5.82 Å². The minimum atomic E-state index is -0.795. The Morgan fingerprint density at radius 3 is 2.75 bits per heavy atom. The largest absolute Gasteiger partial charge is 0.389 e. The molecule has 0 unspecified atom stereocenters. The Balaban J connectivity index is 2.15. The molecule has 1 aliphatic heterocycles. The van der Waals surface area contributed by atoms with Gasteiger partial charge in [0.05, 0.1) is 5.60 Å². The molecule has 1 heterocycles. The fourth-order valence-electron chi connectivity index (χ4n) is 2.10. The molecular formula is C12H15ClFNO.